The Morgan fingerprint density at radius 3 is 2.60 bits per heavy atom. The molecular weight excluding hydrogens is 390 g/mol. The summed E-state index contributed by atoms with van der Waals surface area (Å²) >= 11 is 0. The van der Waals surface area contributed by atoms with Gasteiger partial charge in [-0.1, -0.05) is 0 Å². The third-order valence-electron chi connectivity index (χ3n) is 5.32. The van der Waals surface area contributed by atoms with Crippen molar-refractivity contribution < 1.29 is 19.0 Å². The minimum atomic E-state index is -0.347. The summed E-state index contributed by atoms with van der Waals surface area (Å²) in [5.41, 5.74) is 6.98. The predicted molar refractivity (Wildman–Crippen MR) is 108 cm³/mol. The topological polar surface area (TPSA) is 129 Å². The van der Waals surface area contributed by atoms with E-state index in [9.17, 15) is 4.79 Å². The molecule has 2 aromatic rings. The van der Waals surface area contributed by atoms with Crippen molar-refractivity contribution >= 4 is 18.0 Å². The first kappa shape index (κ1) is 20.1. The normalized spacial score (nSPS) is 20.9. The first-order valence-electron chi connectivity index (χ1n) is 9.80. The smallest absolute Gasteiger partial charge is 0.409 e. The zero-order chi connectivity index (χ0) is 21.1. The summed E-state index contributed by atoms with van der Waals surface area (Å²) in [6, 6.07) is 1.86. The van der Waals surface area contributed by atoms with Crippen molar-refractivity contribution in [2.75, 3.05) is 51.1 Å². The molecule has 0 radical (unpaired) electrons. The number of amides is 1. The average molecular weight is 415 g/mol. The zero-order valence-corrected chi connectivity index (χ0v) is 17.0. The van der Waals surface area contributed by atoms with Crippen LogP contribution in [0.3, 0.4) is 0 Å². The second-order valence-corrected chi connectivity index (χ2v) is 7.27. The van der Waals surface area contributed by atoms with Gasteiger partial charge in [0, 0.05) is 63.0 Å². The lowest BCUT2D eigenvalue weighted by Gasteiger charge is -2.39. The molecule has 1 amide bonds. The fourth-order valence-electron chi connectivity index (χ4n) is 3.41. The summed E-state index contributed by atoms with van der Waals surface area (Å²) < 4.78 is 16.3. The van der Waals surface area contributed by atoms with Gasteiger partial charge in [0.25, 0.3) is 0 Å². The largest absolute Gasteiger partial charge is 0.474 e. The van der Waals surface area contributed by atoms with Crippen molar-refractivity contribution in [1.82, 2.24) is 24.8 Å². The minimum Gasteiger partial charge on any atom is -0.474 e. The van der Waals surface area contributed by atoms with Crippen molar-refractivity contribution in [3.63, 3.8) is 0 Å². The highest BCUT2D eigenvalue weighted by molar-refractivity contribution is 5.67. The molecule has 3 heterocycles. The second kappa shape index (κ2) is 8.66. The predicted octanol–water partition coefficient (Wildman–Crippen LogP) is 0.960. The molecule has 1 saturated heterocycles. The van der Waals surface area contributed by atoms with Gasteiger partial charge < -0.3 is 29.7 Å². The molecule has 11 heteroatoms. The van der Waals surface area contributed by atoms with E-state index in [1.165, 1.54) is 7.11 Å². The van der Waals surface area contributed by atoms with Crippen molar-refractivity contribution in [3.8, 4) is 17.1 Å². The molecule has 30 heavy (non-hydrogen) atoms. The number of anilines is 2. The van der Waals surface area contributed by atoms with Crippen LogP contribution in [-0.4, -0.2) is 83.5 Å². The second-order valence-electron chi connectivity index (χ2n) is 7.27. The number of morpholine rings is 1. The number of nitrogen functional groups attached to an aromatic ring is 1. The van der Waals surface area contributed by atoms with Gasteiger partial charge in [-0.25, -0.2) is 19.7 Å². The molecule has 0 bridgehead atoms. The summed E-state index contributed by atoms with van der Waals surface area (Å²) in [5.74, 6) is 1.25. The summed E-state index contributed by atoms with van der Waals surface area (Å²) in [6.07, 6.45) is 4.29. The highest BCUT2D eigenvalue weighted by atomic mass is 16.5. The molecule has 0 spiro atoms. The first-order chi connectivity index (χ1) is 14.5. The number of rotatable bonds is 5. The summed E-state index contributed by atoms with van der Waals surface area (Å²) in [7, 11) is 3.11. The Kier molecular flexibility index (Phi) is 5.79. The quantitative estimate of drug-likeness (QED) is 0.754. The number of aromatic nitrogens is 4. The van der Waals surface area contributed by atoms with Gasteiger partial charge in [0.2, 0.25) is 17.8 Å². The van der Waals surface area contributed by atoms with E-state index in [-0.39, 0.29) is 24.2 Å². The van der Waals surface area contributed by atoms with Crippen LogP contribution in [0.1, 0.15) is 12.8 Å². The Bertz CT molecular complexity index is 883. The van der Waals surface area contributed by atoms with Crippen LogP contribution in [0.25, 0.3) is 11.3 Å². The van der Waals surface area contributed by atoms with Gasteiger partial charge in [0.05, 0.1) is 26.0 Å². The number of hydrogen-bond donors (Lipinski definition) is 1. The van der Waals surface area contributed by atoms with Crippen LogP contribution in [-0.2, 0) is 9.47 Å². The van der Waals surface area contributed by atoms with Crippen LogP contribution in [0.4, 0.5) is 16.7 Å². The summed E-state index contributed by atoms with van der Waals surface area (Å²) in [6.45, 7) is 2.66. The zero-order valence-electron chi connectivity index (χ0n) is 17.0. The van der Waals surface area contributed by atoms with Crippen molar-refractivity contribution in [2.45, 2.75) is 25.0 Å². The van der Waals surface area contributed by atoms with Crippen LogP contribution in [0.15, 0.2) is 18.5 Å². The summed E-state index contributed by atoms with van der Waals surface area (Å²) in [4.78, 5) is 32.7. The van der Waals surface area contributed by atoms with E-state index in [1.54, 1.807) is 30.4 Å². The molecule has 0 unspecified atom stereocenters. The lowest BCUT2D eigenvalue weighted by atomic mass is 9.88. The molecule has 1 saturated carbocycles. The highest BCUT2D eigenvalue weighted by Crippen LogP contribution is 2.31. The number of ether oxygens (including phenoxy) is 3. The van der Waals surface area contributed by atoms with Crippen LogP contribution >= 0.6 is 0 Å². The maximum Gasteiger partial charge on any atom is 0.409 e. The Hall–Kier alpha value is -3.21. The third-order valence-corrected chi connectivity index (χ3v) is 5.32. The lowest BCUT2D eigenvalue weighted by Crippen LogP contribution is -2.49. The Morgan fingerprint density at radius 2 is 1.93 bits per heavy atom. The average Bonchev–Trinajstić information content (AvgIpc) is 2.76. The molecule has 160 valence electrons. The molecule has 4 rings (SSSR count). The maximum absolute atomic E-state index is 11.7. The van der Waals surface area contributed by atoms with Crippen molar-refractivity contribution in [3.05, 3.63) is 18.5 Å². The Balaban J connectivity index is 1.52. The molecule has 0 atom stereocenters. The summed E-state index contributed by atoms with van der Waals surface area (Å²) in [5, 5.41) is 0. The molecule has 2 fully saturated rings. The van der Waals surface area contributed by atoms with E-state index in [4.69, 9.17) is 19.9 Å². The molecule has 0 aromatic carbocycles. The maximum atomic E-state index is 11.7. The van der Waals surface area contributed by atoms with Gasteiger partial charge in [0.15, 0.2) is 0 Å². The SMILES string of the molecule is COC(=O)N(C)C1CC(Oc2cc(-c3cnc(N)nc3)nc(N3CCOCC3)n2)C1. The number of carbonyl (C=O) groups is 1. The standard InChI is InChI=1S/C19H25N7O4/c1-25(19(27)28-2)13-7-14(8-13)30-16-9-15(12-10-21-17(20)22-11-12)23-18(24-16)26-3-5-29-6-4-26/h9-11,13-14H,3-8H2,1-2H3,(H2,20,21,22). The molecule has 2 aliphatic rings. The van der Waals surface area contributed by atoms with E-state index < -0.39 is 0 Å². The Labute approximate surface area is 174 Å². The van der Waals surface area contributed by atoms with E-state index in [2.05, 4.69) is 24.8 Å². The van der Waals surface area contributed by atoms with Crippen molar-refractivity contribution in [2.24, 2.45) is 0 Å². The fraction of sp³-hybridized carbons (Fsp3) is 0.526. The number of methoxy groups -OCH3 is 1. The van der Waals surface area contributed by atoms with Gasteiger partial charge in [-0.3, -0.25) is 0 Å². The van der Waals surface area contributed by atoms with E-state index in [0.29, 0.717) is 56.7 Å². The third kappa shape index (κ3) is 4.35. The molecule has 2 N–H and O–H groups in total. The van der Waals surface area contributed by atoms with Crippen LogP contribution in [0.5, 0.6) is 5.88 Å². The van der Waals surface area contributed by atoms with E-state index in [0.717, 1.165) is 5.56 Å². The lowest BCUT2D eigenvalue weighted by molar-refractivity contribution is 0.0248. The molecule has 11 nitrogen and oxygen atoms in total. The van der Waals surface area contributed by atoms with Gasteiger partial charge >= 0.3 is 6.09 Å². The number of nitrogens with zero attached hydrogens (tertiary/aromatic N) is 6. The Morgan fingerprint density at radius 1 is 1.23 bits per heavy atom. The van der Waals surface area contributed by atoms with Crippen molar-refractivity contribution in [1.29, 1.82) is 0 Å². The van der Waals surface area contributed by atoms with E-state index >= 15 is 0 Å². The molecule has 2 aromatic heterocycles. The highest BCUT2D eigenvalue weighted by Gasteiger charge is 2.36. The molecular formula is C19H25N7O4. The van der Waals surface area contributed by atoms with Crippen LogP contribution < -0.4 is 15.4 Å². The minimum absolute atomic E-state index is 0.0370. The van der Waals surface area contributed by atoms with Gasteiger partial charge in [0.1, 0.15) is 6.10 Å². The first-order valence-corrected chi connectivity index (χ1v) is 9.80. The van der Waals surface area contributed by atoms with Crippen LogP contribution in [0.2, 0.25) is 0 Å². The van der Waals surface area contributed by atoms with Crippen LogP contribution in [0, 0.1) is 0 Å². The molecule has 1 aliphatic heterocycles. The van der Waals surface area contributed by atoms with Gasteiger partial charge in [-0.2, -0.15) is 4.98 Å². The number of carbonyl (C=O) groups excluding carboxylic acids is 1. The number of nitrogens with two attached hydrogens (primary N) is 1. The number of hydrogen-bond acceptors (Lipinski definition) is 10. The van der Waals surface area contributed by atoms with Gasteiger partial charge in [-0.15, -0.1) is 0 Å². The van der Waals surface area contributed by atoms with Gasteiger partial charge in [-0.05, 0) is 0 Å². The van der Waals surface area contributed by atoms with E-state index in [1.807, 2.05) is 0 Å². The molecule has 1 aliphatic carbocycles. The fourth-order valence-corrected chi connectivity index (χ4v) is 3.41. The monoisotopic (exact) mass is 415 g/mol.